The topological polar surface area (TPSA) is 101 Å². The molecule has 0 atom stereocenters. The monoisotopic (exact) mass is 423 g/mol. The third-order valence-corrected chi connectivity index (χ3v) is 7.55. The van der Waals surface area contributed by atoms with Crippen LogP contribution in [0.4, 0.5) is 0 Å². The summed E-state index contributed by atoms with van der Waals surface area (Å²) in [5.74, 6) is 0. The molecule has 0 saturated heterocycles. The lowest BCUT2D eigenvalue weighted by atomic mass is 9.97. The minimum Gasteiger partial charge on any atom is -0.395 e. The third kappa shape index (κ3) is 10.7. The third-order valence-electron chi connectivity index (χ3n) is 5.73. The van der Waals surface area contributed by atoms with Gasteiger partial charge in [-0.2, -0.15) is 0 Å². The van der Waals surface area contributed by atoms with Crippen molar-refractivity contribution in [2.24, 2.45) is 0 Å². The van der Waals surface area contributed by atoms with Gasteiger partial charge in [-0.1, -0.05) is 90.9 Å². The Balaban J connectivity index is 5.13. The summed E-state index contributed by atoms with van der Waals surface area (Å²) in [6.45, 7) is 4.35. The van der Waals surface area contributed by atoms with Crippen LogP contribution in [0.2, 0.25) is 0 Å². The molecule has 0 aliphatic rings. The summed E-state index contributed by atoms with van der Waals surface area (Å²) in [7, 11) is -4.44. The molecular formula is C21H46NO5P. The molecule has 0 heterocycles. The normalized spacial score (nSPS) is 12.8. The van der Waals surface area contributed by atoms with E-state index >= 15 is 0 Å². The van der Waals surface area contributed by atoms with E-state index in [4.69, 9.17) is 0 Å². The van der Waals surface area contributed by atoms with E-state index in [-0.39, 0.29) is 26.3 Å². The molecule has 0 aromatic heterocycles. The van der Waals surface area contributed by atoms with Crippen LogP contribution in [0.3, 0.4) is 0 Å². The molecule has 0 bridgehead atoms. The highest BCUT2D eigenvalue weighted by Crippen LogP contribution is 2.57. The van der Waals surface area contributed by atoms with Crippen molar-refractivity contribution in [1.29, 1.82) is 0 Å². The number of aliphatic hydroxyl groups excluding tert-OH is 2. The van der Waals surface area contributed by atoms with Gasteiger partial charge in [-0.25, -0.2) is 0 Å². The van der Waals surface area contributed by atoms with Gasteiger partial charge in [0.2, 0.25) is 0 Å². The van der Waals surface area contributed by atoms with Gasteiger partial charge in [0.15, 0.2) is 0 Å². The molecule has 0 saturated carbocycles. The lowest BCUT2D eigenvalue weighted by Gasteiger charge is -2.44. The van der Waals surface area contributed by atoms with Gasteiger partial charge in [0.25, 0.3) is 0 Å². The fraction of sp³-hybridized carbons (Fsp3) is 1.00. The van der Waals surface area contributed by atoms with Crippen LogP contribution in [0.1, 0.15) is 104 Å². The summed E-state index contributed by atoms with van der Waals surface area (Å²) < 4.78 is 12.7. The predicted molar refractivity (Wildman–Crippen MR) is 117 cm³/mol. The highest BCUT2D eigenvalue weighted by atomic mass is 31.2. The van der Waals surface area contributed by atoms with Crippen LogP contribution < -0.4 is 0 Å². The average molecular weight is 424 g/mol. The molecule has 0 rings (SSSR count). The Kier molecular flexibility index (Phi) is 16.8. The lowest BCUT2D eigenvalue weighted by Crippen LogP contribution is -2.51. The first kappa shape index (κ1) is 28.0. The number of hydrogen-bond donors (Lipinski definition) is 4. The predicted octanol–water partition coefficient (Wildman–Crippen LogP) is 4.65. The second-order valence-corrected chi connectivity index (χ2v) is 9.92. The van der Waals surface area contributed by atoms with Gasteiger partial charge in [0.05, 0.1) is 13.2 Å². The van der Waals surface area contributed by atoms with Crippen LogP contribution in [0.25, 0.3) is 0 Å². The highest BCUT2D eigenvalue weighted by molar-refractivity contribution is 7.53. The molecule has 0 fully saturated rings. The van der Waals surface area contributed by atoms with E-state index in [0.29, 0.717) is 12.8 Å². The number of unbranched alkanes of at least 4 members (excludes halogenated alkanes) is 10. The van der Waals surface area contributed by atoms with Gasteiger partial charge in [-0.15, -0.1) is 0 Å². The standard InChI is InChI=1S/C21H46NO5P/c1-3-5-7-9-11-13-15-21(28(25,26)27,22(17-19-23)18-20-24)16-14-12-10-8-6-4-2/h23-24H,3-20H2,1-2H3,(H2,25,26,27). The number of hydrogen-bond acceptors (Lipinski definition) is 4. The van der Waals surface area contributed by atoms with Gasteiger partial charge in [0.1, 0.15) is 5.28 Å². The summed E-state index contributed by atoms with van der Waals surface area (Å²) in [6, 6.07) is 0. The van der Waals surface area contributed by atoms with Crippen molar-refractivity contribution in [3.05, 3.63) is 0 Å². The Bertz CT molecular complexity index is 380. The molecular weight excluding hydrogens is 377 g/mol. The maximum Gasteiger partial charge on any atom is 0.345 e. The lowest BCUT2D eigenvalue weighted by molar-refractivity contribution is 0.0665. The van der Waals surface area contributed by atoms with E-state index in [1.165, 1.54) is 25.7 Å². The molecule has 0 aromatic carbocycles. The molecule has 0 aliphatic carbocycles. The second-order valence-electron chi connectivity index (χ2n) is 8.00. The van der Waals surface area contributed by atoms with Gasteiger partial charge in [-0.3, -0.25) is 9.46 Å². The maximum absolute atomic E-state index is 12.7. The van der Waals surface area contributed by atoms with Gasteiger partial charge in [-0.05, 0) is 12.8 Å². The van der Waals surface area contributed by atoms with Crippen LogP contribution in [0.5, 0.6) is 0 Å². The minimum absolute atomic E-state index is 0.172. The smallest absolute Gasteiger partial charge is 0.345 e. The Labute approximate surface area is 172 Å². The molecule has 0 aliphatic heterocycles. The first-order chi connectivity index (χ1) is 13.4. The van der Waals surface area contributed by atoms with Crippen LogP contribution in [-0.2, 0) is 4.57 Å². The first-order valence-corrected chi connectivity index (χ1v) is 13.0. The van der Waals surface area contributed by atoms with Crippen molar-refractivity contribution in [3.8, 4) is 0 Å². The fourth-order valence-electron chi connectivity index (χ4n) is 4.06. The molecule has 6 nitrogen and oxygen atoms in total. The van der Waals surface area contributed by atoms with Crippen LogP contribution in [0, 0.1) is 0 Å². The van der Waals surface area contributed by atoms with Gasteiger partial charge >= 0.3 is 7.60 Å². The molecule has 0 aromatic rings. The van der Waals surface area contributed by atoms with Gasteiger partial charge < -0.3 is 20.0 Å². The van der Waals surface area contributed by atoms with E-state index in [1.54, 1.807) is 4.90 Å². The van der Waals surface area contributed by atoms with Crippen LogP contribution in [-0.4, -0.2) is 56.5 Å². The summed E-state index contributed by atoms with van der Waals surface area (Å²) in [4.78, 5) is 22.3. The molecule has 28 heavy (non-hydrogen) atoms. The van der Waals surface area contributed by atoms with Crippen molar-refractivity contribution in [2.45, 2.75) is 109 Å². The molecule has 0 spiro atoms. The summed E-state index contributed by atoms with van der Waals surface area (Å²) in [5, 5.41) is 17.6. The zero-order chi connectivity index (χ0) is 21.3. The van der Waals surface area contributed by atoms with Crippen molar-refractivity contribution in [1.82, 2.24) is 4.90 Å². The second kappa shape index (κ2) is 16.8. The highest BCUT2D eigenvalue weighted by Gasteiger charge is 2.49. The van der Waals surface area contributed by atoms with E-state index in [9.17, 15) is 24.6 Å². The Morgan fingerprint density at radius 2 is 1.04 bits per heavy atom. The van der Waals surface area contributed by atoms with Crippen molar-refractivity contribution >= 4 is 7.60 Å². The van der Waals surface area contributed by atoms with Gasteiger partial charge in [0, 0.05) is 13.1 Å². The molecule has 0 unspecified atom stereocenters. The molecule has 0 amide bonds. The zero-order valence-electron chi connectivity index (χ0n) is 18.3. The fourth-order valence-corrected chi connectivity index (χ4v) is 5.53. The van der Waals surface area contributed by atoms with Crippen molar-refractivity contribution in [3.63, 3.8) is 0 Å². The quantitative estimate of drug-likeness (QED) is 0.168. The van der Waals surface area contributed by atoms with E-state index in [2.05, 4.69) is 13.8 Å². The first-order valence-electron chi connectivity index (χ1n) is 11.4. The van der Waals surface area contributed by atoms with E-state index in [1.807, 2.05) is 0 Å². The van der Waals surface area contributed by atoms with Crippen LogP contribution in [0.15, 0.2) is 0 Å². The molecule has 4 N–H and O–H groups in total. The average Bonchev–Trinajstić information content (AvgIpc) is 2.64. The maximum atomic E-state index is 12.7. The zero-order valence-corrected chi connectivity index (χ0v) is 19.2. The Morgan fingerprint density at radius 1 is 0.679 bits per heavy atom. The molecule has 0 radical (unpaired) electrons. The molecule has 170 valence electrons. The summed E-state index contributed by atoms with van der Waals surface area (Å²) >= 11 is 0. The van der Waals surface area contributed by atoms with E-state index < -0.39 is 12.9 Å². The molecule has 7 heteroatoms. The Morgan fingerprint density at radius 3 is 1.36 bits per heavy atom. The largest absolute Gasteiger partial charge is 0.395 e. The van der Waals surface area contributed by atoms with Crippen LogP contribution >= 0.6 is 7.60 Å². The summed E-state index contributed by atoms with van der Waals surface area (Å²) in [5.41, 5.74) is 0. The Hall–Kier alpha value is 0.0300. The van der Waals surface area contributed by atoms with E-state index in [0.717, 1.165) is 51.4 Å². The van der Waals surface area contributed by atoms with Crippen molar-refractivity contribution in [2.75, 3.05) is 26.3 Å². The van der Waals surface area contributed by atoms with Crippen molar-refractivity contribution < 1.29 is 24.6 Å². The SMILES string of the molecule is CCCCCCCCC(CCCCCCCC)(N(CCO)CCO)P(=O)(O)O. The minimum atomic E-state index is -4.44. The number of nitrogens with zero attached hydrogens (tertiary/aromatic N) is 1. The summed E-state index contributed by atoms with van der Waals surface area (Å²) in [6.07, 6.45) is 13.5. The number of rotatable bonds is 20. The number of aliphatic hydroxyl groups is 2.